The highest BCUT2D eigenvalue weighted by molar-refractivity contribution is 7.89. The van der Waals surface area contributed by atoms with Gasteiger partial charge in [0.25, 0.3) is 10.0 Å². The Labute approximate surface area is 113 Å². The average molecular weight is 285 g/mol. The van der Waals surface area contributed by atoms with Crippen molar-refractivity contribution in [3.05, 3.63) is 23.9 Å². The third-order valence-electron chi connectivity index (χ3n) is 3.13. The quantitative estimate of drug-likeness (QED) is 0.788. The second-order valence-electron chi connectivity index (χ2n) is 4.58. The molecule has 1 fully saturated rings. The van der Waals surface area contributed by atoms with Crippen molar-refractivity contribution in [2.75, 3.05) is 6.61 Å². The molecule has 0 unspecified atom stereocenters. The van der Waals surface area contributed by atoms with Crippen LogP contribution in [0.3, 0.4) is 0 Å². The van der Waals surface area contributed by atoms with Crippen LogP contribution in [0.5, 0.6) is 0 Å². The number of ether oxygens (including phenoxy) is 1. The van der Waals surface area contributed by atoms with Crippen molar-refractivity contribution in [1.82, 2.24) is 9.71 Å². The summed E-state index contributed by atoms with van der Waals surface area (Å²) in [5.74, 6) is 0. The maximum atomic E-state index is 12.1. The maximum Gasteiger partial charge on any atom is 0.258 e. The highest BCUT2D eigenvalue weighted by atomic mass is 32.2. The predicted molar refractivity (Wildman–Crippen MR) is 70.9 cm³/mol. The van der Waals surface area contributed by atoms with E-state index in [9.17, 15) is 8.42 Å². The van der Waals surface area contributed by atoms with Crippen molar-refractivity contribution >= 4 is 10.0 Å². The monoisotopic (exact) mass is 285 g/mol. The van der Waals surface area contributed by atoms with Crippen LogP contribution in [0.4, 0.5) is 0 Å². The third kappa shape index (κ3) is 3.50. The summed E-state index contributed by atoms with van der Waals surface area (Å²) in [7, 11) is -3.54. The van der Waals surface area contributed by atoms with Crippen molar-refractivity contribution in [2.24, 2.45) is 5.73 Å². The Hall–Kier alpha value is -1.02. The average Bonchev–Trinajstić information content (AvgIpc) is 2.36. The Morgan fingerprint density at radius 3 is 2.74 bits per heavy atom. The zero-order valence-electron chi connectivity index (χ0n) is 10.9. The molecule has 0 aromatic carbocycles. The lowest BCUT2D eigenvalue weighted by Crippen LogP contribution is -2.47. The summed E-state index contributed by atoms with van der Waals surface area (Å²) in [6.07, 6.45) is 3.09. The van der Waals surface area contributed by atoms with Crippen LogP contribution in [0.15, 0.2) is 23.4 Å². The Bertz CT molecular complexity index is 510. The van der Waals surface area contributed by atoms with Gasteiger partial charge in [-0.25, -0.2) is 18.1 Å². The van der Waals surface area contributed by atoms with Gasteiger partial charge in [0.2, 0.25) is 0 Å². The first-order valence-corrected chi connectivity index (χ1v) is 7.82. The summed E-state index contributed by atoms with van der Waals surface area (Å²) >= 11 is 0. The van der Waals surface area contributed by atoms with Gasteiger partial charge >= 0.3 is 0 Å². The van der Waals surface area contributed by atoms with Gasteiger partial charge in [-0.1, -0.05) is 6.07 Å². The van der Waals surface area contributed by atoms with Crippen LogP contribution >= 0.6 is 0 Å². The Morgan fingerprint density at radius 1 is 1.47 bits per heavy atom. The lowest BCUT2D eigenvalue weighted by Gasteiger charge is -2.34. The second kappa shape index (κ2) is 5.96. The molecule has 2 rings (SSSR count). The van der Waals surface area contributed by atoms with E-state index in [0.717, 1.165) is 5.56 Å². The fourth-order valence-corrected chi connectivity index (χ4v) is 3.19. The van der Waals surface area contributed by atoms with Gasteiger partial charge in [0, 0.05) is 25.4 Å². The molecule has 0 radical (unpaired) electrons. The lowest BCUT2D eigenvalue weighted by atomic mass is 9.90. The van der Waals surface area contributed by atoms with Gasteiger partial charge in [-0.15, -0.1) is 0 Å². The molecule has 0 aliphatic heterocycles. The minimum atomic E-state index is -3.54. The number of hydrogen-bond acceptors (Lipinski definition) is 5. The van der Waals surface area contributed by atoms with Gasteiger partial charge in [0.1, 0.15) is 0 Å². The van der Waals surface area contributed by atoms with E-state index < -0.39 is 10.0 Å². The van der Waals surface area contributed by atoms with Crippen LogP contribution in [-0.2, 0) is 21.3 Å². The molecule has 3 N–H and O–H groups in total. The van der Waals surface area contributed by atoms with Crippen LogP contribution in [0.1, 0.15) is 25.3 Å². The first-order valence-electron chi connectivity index (χ1n) is 6.34. The van der Waals surface area contributed by atoms with Crippen molar-refractivity contribution < 1.29 is 13.2 Å². The number of nitrogens with two attached hydrogens (primary N) is 1. The summed E-state index contributed by atoms with van der Waals surface area (Å²) in [6.45, 7) is 2.94. The van der Waals surface area contributed by atoms with E-state index >= 15 is 0 Å². The van der Waals surface area contributed by atoms with Crippen molar-refractivity contribution in [3.8, 4) is 0 Å². The van der Waals surface area contributed by atoms with Gasteiger partial charge in [-0.2, -0.15) is 0 Å². The molecular weight excluding hydrogens is 266 g/mol. The molecule has 1 heterocycles. The summed E-state index contributed by atoms with van der Waals surface area (Å²) in [6, 6.07) is 3.09. The van der Waals surface area contributed by atoms with Gasteiger partial charge < -0.3 is 10.5 Å². The zero-order valence-corrected chi connectivity index (χ0v) is 11.7. The largest absolute Gasteiger partial charge is 0.378 e. The van der Waals surface area contributed by atoms with Crippen LogP contribution in [0.2, 0.25) is 0 Å². The number of sulfonamides is 1. The van der Waals surface area contributed by atoms with Crippen LogP contribution < -0.4 is 10.5 Å². The number of hydrogen-bond donors (Lipinski definition) is 2. The number of rotatable bonds is 6. The first-order chi connectivity index (χ1) is 9.05. The lowest BCUT2D eigenvalue weighted by molar-refractivity contribution is -0.00477. The molecule has 106 valence electrons. The molecule has 1 saturated carbocycles. The van der Waals surface area contributed by atoms with E-state index in [-0.39, 0.29) is 17.2 Å². The summed E-state index contributed by atoms with van der Waals surface area (Å²) in [5, 5.41) is 0.0320. The van der Waals surface area contributed by atoms with Crippen molar-refractivity contribution in [2.45, 2.75) is 43.5 Å². The van der Waals surface area contributed by atoms with E-state index in [2.05, 4.69) is 9.71 Å². The molecule has 0 spiro atoms. The van der Waals surface area contributed by atoms with Crippen molar-refractivity contribution in [1.29, 1.82) is 0 Å². The molecule has 0 amide bonds. The highest BCUT2D eigenvalue weighted by Gasteiger charge is 2.33. The van der Waals surface area contributed by atoms with Crippen LogP contribution in [0, 0.1) is 0 Å². The molecule has 0 bridgehead atoms. The van der Waals surface area contributed by atoms with E-state index in [4.69, 9.17) is 10.5 Å². The molecular formula is C12H19N3O3S. The molecule has 19 heavy (non-hydrogen) atoms. The SMILES string of the molecule is CCOC1CC(NS(=O)(=O)c2ccc(CN)cn2)C1. The van der Waals surface area contributed by atoms with Gasteiger partial charge in [0.15, 0.2) is 5.03 Å². The predicted octanol–water partition coefficient (Wildman–Crippen LogP) is 0.386. The molecule has 6 nitrogen and oxygen atoms in total. The maximum absolute atomic E-state index is 12.1. The highest BCUT2D eigenvalue weighted by Crippen LogP contribution is 2.24. The molecule has 1 aliphatic carbocycles. The van der Waals surface area contributed by atoms with Gasteiger partial charge in [-0.05, 0) is 31.4 Å². The second-order valence-corrected chi connectivity index (χ2v) is 6.24. The molecule has 1 aliphatic rings. The molecule has 1 aromatic rings. The summed E-state index contributed by atoms with van der Waals surface area (Å²) in [5.41, 5.74) is 6.25. The van der Waals surface area contributed by atoms with E-state index in [0.29, 0.717) is 26.0 Å². The normalized spacial score (nSPS) is 23.1. The minimum absolute atomic E-state index is 0.0320. The smallest absolute Gasteiger partial charge is 0.258 e. The first kappa shape index (κ1) is 14.4. The van der Waals surface area contributed by atoms with Crippen molar-refractivity contribution in [3.63, 3.8) is 0 Å². The summed E-state index contributed by atoms with van der Waals surface area (Å²) in [4.78, 5) is 3.93. The number of aromatic nitrogens is 1. The molecule has 0 saturated heterocycles. The Balaban J connectivity index is 1.95. The van der Waals surface area contributed by atoms with Crippen LogP contribution in [0.25, 0.3) is 0 Å². The molecule has 1 aromatic heterocycles. The topological polar surface area (TPSA) is 94.3 Å². The molecule has 0 atom stereocenters. The Kier molecular flexibility index (Phi) is 4.51. The standard InChI is InChI=1S/C12H19N3O3S/c1-2-18-11-5-10(6-11)15-19(16,17)12-4-3-9(7-13)8-14-12/h3-4,8,10-11,15H,2,5-7,13H2,1H3. The fourth-order valence-electron chi connectivity index (χ4n) is 2.00. The number of pyridine rings is 1. The van der Waals surface area contributed by atoms with E-state index in [1.807, 2.05) is 6.92 Å². The minimum Gasteiger partial charge on any atom is -0.378 e. The third-order valence-corrected chi connectivity index (χ3v) is 4.56. The fraction of sp³-hybridized carbons (Fsp3) is 0.583. The van der Waals surface area contributed by atoms with Crippen LogP contribution in [-0.4, -0.2) is 32.2 Å². The van der Waals surface area contributed by atoms with E-state index in [1.54, 1.807) is 6.07 Å². The van der Waals surface area contributed by atoms with Gasteiger partial charge in [0.05, 0.1) is 6.10 Å². The van der Waals surface area contributed by atoms with E-state index in [1.165, 1.54) is 12.3 Å². The summed E-state index contributed by atoms with van der Waals surface area (Å²) < 4.78 is 32.1. The number of nitrogens with one attached hydrogen (secondary N) is 1. The number of nitrogens with zero attached hydrogens (tertiary/aromatic N) is 1. The van der Waals surface area contributed by atoms with Gasteiger partial charge in [-0.3, -0.25) is 0 Å². The molecule has 7 heteroatoms. The Morgan fingerprint density at radius 2 is 2.21 bits per heavy atom. The zero-order chi connectivity index (χ0) is 13.9.